The summed E-state index contributed by atoms with van der Waals surface area (Å²) in [7, 11) is 0. The number of hydrogen-bond acceptors (Lipinski definition) is 5. The number of Topliss-reactive ketones (excluding diaryl/α,β-unsaturated/α-hetero) is 2. The molecule has 0 unspecified atom stereocenters. The summed E-state index contributed by atoms with van der Waals surface area (Å²) in [5, 5.41) is 18.2. The van der Waals surface area contributed by atoms with E-state index >= 15 is 0 Å². The molecule has 0 radical (unpaired) electrons. The van der Waals surface area contributed by atoms with Crippen LogP contribution in [0.25, 0.3) is 0 Å². The number of ketones is 2. The van der Waals surface area contributed by atoms with Gasteiger partial charge >= 0.3 is 0 Å². The molecule has 0 aromatic rings. The maximum Gasteiger partial charge on any atom is 0.172 e. The van der Waals surface area contributed by atoms with Crippen LogP contribution in [-0.4, -0.2) is 52.1 Å². The van der Waals surface area contributed by atoms with Crippen LogP contribution in [0, 0.1) is 0 Å². The highest BCUT2D eigenvalue weighted by atomic mass is 16.5. The molecule has 0 rings (SSSR count). The Balaban J connectivity index is 4.24. The van der Waals surface area contributed by atoms with Crippen molar-refractivity contribution in [2.45, 2.75) is 26.6 Å². The van der Waals surface area contributed by atoms with Gasteiger partial charge in [-0.3, -0.25) is 14.5 Å². The van der Waals surface area contributed by atoms with Crippen molar-refractivity contribution in [2.24, 2.45) is 0 Å². The monoisotopic (exact) mass is 203 g/mol. The molecule has 0 fully saturated rings. The second-order valence-corrected chi connectivity index (χ2v) is 3.77. The summed E-state index contributed by atoms with van der Waals surface area (Å²) in [6, 6.07) is 0. The van der Waals surface area contributed by atoms with E-state index < -0.39 is 5.79 Å². The molecule has 2 N–H and O–H groups in total. The fourth-order valence-corrected chi connectivity index (χ4v) is 1.22. The van der Waals surface area contributed by atoms with Crippen LogP contribution in [0.15, 0.2) is 0 Å². The summed E-state index contributed by atoms with van der Waals surface area (Å²) < 4.78 is 0. The summed E-state index contributed by atoms with van der Waals surface area (Å²) in [5.74, 6) is -2.11. The van der Waals surface area contributed by atoms with Crippen molar-refractivity contribution in [3.63, 3.8) is 0 Å². The third-order valence-electron chi connectivity index (χ3n) is 1.42. The zero-order valence-electron chi connectivity index (χ0n) is 8.78. The molecule has 0 heterocycles. The molecular formula is C9H17NO4. The van der Waals surface area contributed by atoms with Gasteiger partial charge in [0.2, 0.25) is 0 Å². The van der Waals surface area contributed by atoms with E-state index in [1.807, 2.05) is 0 Å². The third-order valence-corrected chi connectivity index (χ3v) is 1.42. The summed E-state index contributed by atoms with van der Waals surface area (Å²) in [5.41, 5.74) is 0. The van der Waals surface area contributed by atoms with Crippen molar-refractivity contribution >= 4 is 11.6 Å². The molecule has 5 heteroatoms. The van der Waals surface area contributed by atoms with E-state index in [4.69, 9.17) is 10.2 Å². The van der Waals surface area contributed by atoms with Gasteiger partial charge in [-0.1, -0.05) is 0 Å². The second kappa shape index (κ2) is 5.19. The van der Waals surface area contributed by atoms with Crippen LogP contribution in [0.1, 0.15) is 20.8 Å². The Hall–Kier alpha value is -0.780. The molecule has 0 atom stereocenters. The molecule has 0 amide bonds. The van der Waals surface area contributed by atoms with Gasteiger partial charge in [-0.15, -0.1) is 0 Å². The van der Waals surface area contributed by atoms with Gasteiger partial charge in [-0.2, -0.15) is 0 Å². The highest BCUT2D eigenvalue weighted by Crippen LogP contribution is 2.01. The third kappa shape index (κ3) is 7.85. The number of rotatable bonds is 6. The Morgan fingerprint density at radius 2 is 1.50 bits per heavy atom. The lowest BCUT2D eigenvalue weighted by molar-refractivity contribution is -0.160. The molecule has 5 nitrogen and oxygen atoms in total. The van der Waals surface area contributed by atoms with Crippen LogP contribution in [0.4, 0.5) is 0 Å². The van der Waals surface area contributed by atoms with Gasteiger partial charge in [0, 0.05) is 0 Å². The molecule has 82 valence electrons. The Morgan fingerprint density at radius 1 is 1.14 bits per heavy atom. The largest absolute Gasteiger partial charge is 0.365 e. The predicted octanol–water partition coefficient (Wildman–Crippen LogP) is -0.833. The molecule has 0 spiro atoms. The van der Waals surface area contributed by atoms with Crippen molar-refractivity contribution in [2.75, 3.05) is 19.6 Å². The van der Waals surface area contributed by atoms with Gasteiger partial charge < -0.3 is 10.2 Å². The summed E-state index contributed by atoms with van der Waals surface area (Å²) >= 11 is 0. The normalized spacial score (nSPS) is 11.9. The van der Waals surface area contributed by atoms with Crippen LogP contribution in [0.3, 0.4) is 0 Å². The maximum absolute atomic E-state index is 10.8. The Bertz CT molecular complexity index is 203. The predicted molar refractivity (Wildman–Crippen MR) is 50.6 cm³/mol. The lowest BCUT2D eigenvalue weighted by atomic mass is 10.2. The molecule has 0 aromatic carbocycles. The molecule has 0 saturated carbocycles. The summed E-state index contributed by atoms with van der Waals surface area (Å²) in [4.78, 5) is 23.0. The minimum absolute atomic E-state index is 0.0519. The molecule has 0 aliphatic carbocycles. The average Bonchev–Trinajstić information content (AvgIpc) is 1.77. The van der Waals surface area contributed by atoms with Gasteiger partial charge in [0.05, 0.1) is 19.6 Å². The van der Waals surface area contributed by atoms with Crippen LogP contribution >= 0.6 is 0 Å². The number of hydrogen-bond donors (Lipinski definition) is 2. The lowest BCUT2D eigenvalue weighted by Gasteiger charge is -2.25. The second-order valence-electron chi connectivity index (χ2n) is 3.77. The highest BCUT2D eigenvalue weighted by molar-refractivity contribution is 5.80. The first-order valence-electron chi connectivity index (χ1n) is 4.36. The lowest BCUT2D eigenvalue weighted by Crippen LogP contribution is -2.44. The first-order chi connectivity index (χ1) is 6.20. The summed E-state index contributed by atoms with van der Waals surface area (Å²) in [6.07, 6.45) is 0. The van der Waals surface area contributed by atoms with Gasteiger partial charge in [0.25, 0.3) is 0 Å². The van der Waals surface area contributed by atoms with Crippen molar-refractivity contribution in [3.8, 4) is 0 Å². The van der Waals surface area contributed by atoms with E-state index in [1.165, 1.54) is 25.7 Å². The molecule has 14 heavy (non-hydrogen) atoms. The quantitative estimate of drug-likeness (QED) is 0.551. The minimum atomic E-state index is -1.88. The Kier molecular flexibility index (Phi) is 4.90. The van der Waals surface area contributed by atoms with E-state index in [0.717, 1.165) is 0 Å². The van der Waals surface area contributed by atoms with Gasteiger partial charge in [0.15, 0.2) is 5.79 Å². The average molecular weight is 203 g/mol. The molecule has 0 aromatic heterocycles. The number of carbonyl (C=O) groups is 2. The topological polar surface area (TPSA) is 77.8 Å². The van der Waals surface area contributed by atoms with Crippen molar-refractivity contribution in [1.82, 2.24) is 4.90 Å². The number of carbonyl (C=O) groups excluding carboxylic acids is 2. The zero-order chi connectivity index (χ0) is 11.4. The van der Waals surface area contributed by atoms with E-state index in [0.29, 0.717) is 0 Å². The Morgan fingerprint density at radius 3 is 1.71 bits per heavy atom. The van der Waals surface area contributed by atoms with Crippen molar-refractivity contribution in [3.05, 3.63) is 0 Å². The van der Waals surface area contributed by atoms with Crippen molar-refractivity contribution < 1.29 is 19.8 Å². The van der Waals surface area contributed by atoms with E-state index in [1.54, 1.807) is 0 Å². The first kappa shape index (κ1) is 13.2. The number of nitrogens with zero attached hydrogens (tertiary/aromatic N) is 1. The first-order valence-corrected chi connectivity index (χ1v) is 4.36. The molecule has 0 aliphatic rings. The highest BCUT2D eigenvalue weighted by Gasteiger charge is 2.21. The minimum Gasteiger partial charge on any atom is -0.365 e. The van der Waals surface area contributed by atoms with Crippen LogP contribution in [0.5, 0.6) is 0 Å². The van der Waals surface area contributed by atoms with E-state index in [9.17, 15) is 9.59 Å². The number of aliphatic hydroxyl groups is 2. The molecule has 0 bridgehead atoms. The molecular weight excluding hydrogens is 186 g/mol. The fraction of sp³-hybridized carbons (Fsp3) is 0.778. The van der Waals surface area contributed by atoms with Crippen LogP contribution in [0.2, 0.25) is 0 Å². The molecule has 0 saturated heterocycles. The smallest absolute Gasteiger partial charge is 0.172 e. The zero-order valence-corrected chi connectivity index (χ0v) is 8.78. The molecule has 0 aliphatic heterocycles. The maximum atomic E-state index is 10.8. The van der Waals surface area contributed by atoms with Crippen molar-refractivity contribution in [1.29, 1.82) is 0 Å². The summed E-state index contributed by atoms with van der Waals surface area (Å²) in [6.45, 7) is 3.97. The standard InChI is InChI=1S/C9H17NO4/c1-7(11)4-10(5-8(2)12)6-9(3,13)14/h13-14H,4-6H2,1-3H3. The van der Waals surface area contributed by atoms with Crippen LogP contribution in [-0.2, 0) is 9.59 Å². The van der Waals surface area contributed by atoms with Gasteiger partial charge in [-0.05, 0) is 20.8 Å². The Labute approximate surface area is 83.3 Å². The van der Waals surface area contributed by atoms with Gasteiger partial charge in [0.1, 0.15) is 11.6 Å². The van der Waals surface area contributed by atoms with E-state index in [2.05, 4.69) is 0 Å². The van der Waals surface area contributed by atoms with E-state index in [-0.39, 0.29) is 31.2 Å². The van der Waals surface area contributed by atoms with Crippen LogP contribution < -0.4 is 0 Å². The fourth-order valence-electron chi connectivity index (χ4n) is 1.22. The SMILES string of the molecule is CC(=O)CN(CC(C)=O)CC(C)(O)O. The van der Waals surface area contributed by atoms with Gasteiger partial charge in [-0.25, -0.2) is 0 Å².